The van der Waals surface area contributed by atoms with Gasteiger partial charge in [0.2, 0.25) is 0 Å². The second-order valence-corrected chi connectivity index (χ2v) is 9.88. The van der Waals surface area contributed by atoms with E-state index in [0.29, 0.717) is 6.04 Å². The summed E-state index contributed by atoms with van der Waals surface area (Å²) in [5, 5.41) is 0. The number of hydrogen-bond donors (Lipinski definition) is 1. The summed E-state index contributed by atoms with van der Waals surface area (Å²) in [5.41, 5.74) is 13.4. The zero-order valence-corrected chi connectivity index (χ0v) is 17.4. The minimum absolute atomic E-state index is 0.104. The van der Waals surface area contributed by atoms with Gasteiger partial charge in [0.1, 0.15) is 0 Å². The maximum atomic E-state index is 6.54. The van der Waals surface area contributed by atoms with Gasteiger partial charge in [0.15, 0.2) is 0 Å². The van der Waals surface area contributed by atoms with E-state index in [0.717, 1.165) is 6.42 Å². The highest BCUT2D eigenvalue weighted by atomic mass is 15.2. The van der Waals surface area contributed by atoms with E-state index in [4.69, 9.17) is 5.73 Å². The van der Waals surface area contributed by atoms with Crippen LogP contribution in [0.1, 0.15) is 77.6 Å². The molecule has 0 aliphatic carbocycles. The Kier molecular flexibility index (Phi) is 4.69. The van der Waals surface area contributed by atoms with Gasteiger partial charge in [-0.2, -0.15) is 0 Å². The van der Waals surface area contributed by atoms with Gasteiger partial charge < -0.3 is 10.6 Å². The molecular formula is C24H34N2. The Balaban J connectivity index is 2.05. The van der Waals surface area contributed by atoms with Crippen LogP contribution < -0.4 is 10.6 Å². The van der Waals surface area contributed by atoms with E-state index in [-0.39, 0.29) is 16.9 Å². The fraction of sp³-hybridized carbons (Fsp3) is 0.500. The van der Waals surface area contributed by atoms with Gasteiger partial charge in [-0.05, 0) is 59.1 Å². The highest BCUT2D eigenvalue weighted by Gasteiger charge is 2.30. The Morgan fingerprint density at radius 2 is 1.38 bits per heavy atom. The van der Waals surface area contributed by atoms with Crippen molar-refractivity contribution in [3.8, 4) is 0 Å². The highest BCUT2D eigenvalue weighted by Crippen LogP contribution is 2.42. The van der Waals surface area contributed by atoms with Gasteiger partial charge in [0.25, 0.3) is 0 Å². The summed E-state index contributed by atoms with van der Waals surface area (Å²) >= 11 is 0. The SMILES string of the molecule is CC1CC(N)c2cc(C(C)(C)C)ccc2N1c1ccc(C(C)(C)C)cc1. The Labute approximate surface area is 159 Å². The van der Waals surface area contributed by atoms with Crippen molar-refractivity contribution >= 4 is 11.4 Å². The van der Waals surface area contributed by atoms with Gasteiger partial charge >= 0.3 is 0 Å². The topological polar surface area (TPSA) is 29.3 Å². The van der Waals surface area contributed by atoms with Crippen LogP contribution in [0.2, 0.25) is 0 Å². The standard InChI is InChI=1S/C24H34N2/c1-16-14-21(25)20-15-18(24(5,6)7)10-13-22(20)26(16)19-11-8-17(9-12-19)23(2,3)4/h8-13,15-16,21H,14,25H2,1-7H3. The van der Waals surface area contributed by atoms with Crippen LogP contribution in [-0.4, -0.2) is 6.04 Å². The Bertz CT molecular complexity index is 775. The van der Waals surface area contributed by atoms with Crippen molar-refractivity contribution in [2.24, 2.45) is 5.73 Å². The van der Waals surface area contributed by atoms with Crippen LogP contribution in [0.25, 0.3) is 0 Å². The van der Waals surface area contributed by atoms with E-state index in [1.54, 1.807) is 0 Å². The maximum absolute atomic E-state index is 6.54. The normalized spacial score (nSPS) is 20.8. The highest BCUT2D eigenvalue weighted by molar-refractivity contribution is 5.70. The molecule has 0 aromatic heterocycles. The molecule has 2 unspecified atom stereocenters. The first kappa shape index (κ1) is 19.0. The molecule has 2 atom stereocenters. The van der Waals surface area contributed by atoms with Gasteiger partial charge in [0, 0.05) is 23.5 Å². The molecule has 2 nitrogen and oxygen atoms in total. The van der Waals surface area contributed by atoms with Crippen molar-refractivity contribution in [1.29, 1.82) is 0 Å². The Hall–Kier alpha value is -1.80. The summed E-state index contributed by atoms with van der Waals surface area (Å²) in [4.78, 5) is 2.46. The van der Waals surface area contributed by atoms with Gasteiger partial charge in [0.05, 0.1) is 0 Å². The van der Waals surface area contributed by atoms with Crippen LogP contribution in [0.3, 0.4) is 0 Å². The molecule has 0 fully saturated rings. The lowest BCUT2D eigenvalue weighted by molar-refractivity contribution is 0.526. The first-order valence-corrected chi connectivity index (χ1v) is 9.78. The largest absolute Gasteiger partial charge is 0.338 e. The maximum Gasteiger partial charge on any atom is 0.0461 e. The van der Waals surface area contributed by atoms with Gasteiger partial charge in [-0.25, -0.2) is 0 Å². The average molecular weight is 351 g/mol. The number of nitrogens with zero attached hydrogens (tertiary/aromatic N) is 1. The van der Waals surface area contributed by atoms with E-state index < -0.39 is 0 Å². The predicted molar refractivity (Wildman–Crippen MR) is 113 cm³/mol. The predicted octanol–water partition coefficient (Wildman–Crippen LogP) is 6.21. The van der Waals surface area contributed by atoms with Crippen molar-refractivity contribution < 1.29 is 0 Å². The number of benzene rings is 2. The van der Waals surface area contributed by atoms with E-state index in [1.165, 1.54) is 28.1 Å². The first-order chi connectivity index (χ1) is 12.0. The number of rotatable bonds is 1. The van der Waals surface area contributed by atoms with Crippen molar-refractivity contribution in [2.75, 3.05) is 4.90 Å². The molecule has 0 radical (unpaired) electrons. The number of fused-ring (bicyclic) bond motifs is 1. The van der Waals surface area contributed by atoms with Crippen LogP contribution in [0, 0.1) is 0 Å². The number of anilines is 2. The molecule has 1 aliphatic heterocycles. The van der Waals surface area contributed by atoms with Crippen LogP contribution in [-0.2, 0) is 10.8 Å². The summed E-state index contributed by atoms with van der Waals surface area (Å²) in [7, 11) is 0. The van der Waals surface area contributed by atoms with Crippen molar-refractivity contribution in [3.63, 3.8) is 0 Å². The molecule has 1 heterocycles. The van der Waals surface area contributed by atoms with Crippen LogP contribution in [0.4, 0.5) is 11.4 Å². The molecule has 2 aromatic rings. The molecule has 2 N–H and O–H groups in total. The molecule has 1 aliphatic rings. The molecule has 0 bridgehead atoms. The second-order valence-electron chi connectivity index (χ2n) is 9.88. The summed E-state index contributed by atoms with van der Waals surface area (Å²) in [6.45, 7) is 15.8. The molecule has 0 spiro atoms. The van der Waals surface area contributed by atoms with E-state index in [1.807, 2.05) is 0 Å². The molecule has 140 valence electrons. The third-order valence-corrected chi connectivity index (χ3v) is 5.60. The molecule has 0 amide bonds. The number of nitrogens with two attached hydrogens (primary N) is 1. The fourth-order valence-corrected chi connectivity index (χ4v) is 3.89. The van der Waals surface area contributed by atoms with Gasteiger partial charge in [-0.3, -0.25) is 0 Å². The molecule has 3 rings (SSSR count). The Morgan fingerprint density at radius 1 is 0.846 bits per heavy atom. The van der Waals surface area contributed by atoms with E-state index >= 15 is 0 Å². The number of hydrogen-bond acceptors (Lipinski definition) is 2. The average Bonchev–Trinajstić information content (AvgIpc) is 2.53. The van der Waals surface area contributed by atoms with Crippen molar-refractivity contribution in [2.45, 2.75) is 77.8 Å². The Morgan fingerprint density at radius 3 is 1.92 bits per heavy atom. The summed E-state index contributed by atoms with van der Waals surface area (Å²) in [5.74, 6) is 0. The monoisotopic (exact) mass is 350 g/mol. The molecule has 0 saturated carbocycles. The molecule has 2 aromatic carbocycles. The smallest absolute Gasteiger partial charge is 0.0461 e. The minimum atomic E-state index is 0.104. The van der Waals surface area contributed by atoms with Crippen LogP contribution >= 0.6 is 0 Å². The third-order valence-electron chi connectivity index (χ3n) is 5.60. The summed E-state index contributed by atoms with van der Waals surface area (Å²) < 4.78 is 0. The van der Waals surface area contributed by atoms with Crippen molar-refractivity contribution in [3.05, 3.63) is 59.2 Å². The second kappa shape index (κ2) is 6.42. The molecular weight excluding hydrogens is 316 g/mol. The summed E-state index contributed by atoms with van der Waals surface area (Å²) in [6.07, 6.45) is 0.974. The zero-order valence-electron chi connectivity index (χ0n) is 17.4. The van der Waals surface area contributed by atoms with Crippen molar-refractivity contribution in [1.82, 2.24) is 0 Å². The fourth-order valence-electron chi connectivity index (χ4n) is 3.89. The molecule has 0 saturated heterocycles. The lowest BCUT2D eigenvalue weighted by atomic mass is 9.82. The third kappa shape index (κ3) is 3.53. The minimum Gasteiger partial charge on any atom is -0.338 e. The van der Waals surface area contributed by atoms with Gasteiger partial charge in [-0.15, -0.1) is 0 Å². The molecule has 2 heteroatoms. The van der Waals surface area contributed by atoms with Crippen LogP contribution in [0.15, 0.2) is 42.5 Å². The quantitative estimate of drug-likeness (QED) is 0.662. The lowest BCUT2D eigenvalue weighted by Gasteiger charge is -2.40. The van der Waals surface area contributed by atoms with E-state index in [9.17, 15) is 0 Å². The zero-order chi connectivity index (χ0) is 19.3. The summed E-state index contributed by atoms with van der Waals surface area (Å²) in [6, 6.07) is 16.4. The van der Waals surface area contributed by atoms with Gasteiger partial charge in [-0.1, -0.05) is 65.8 Å². The van der Waals surface area contributed by atoms with E-state index in [2.05, 4.69) is 95.8 Å². The first-order valence-electron chi connectivity index (χ1n) is 9.78. The lowest BCUT2D eigenvalue weighted by Crippen LogP contribution is -2.37. The molecule has 26 heavy (non-hydrogen) atoms. The van der Waals surface area contributed by atoms with Crippen LogP contribution in [0.5, 0.6) is 0 Å².